The van der Waals surface area contributed by atoms with Crippen LogP contribution in [0.4, 0.5) is 13.2 Å². The Kier molecular flexibility index (Phi) is 9.26. The van der Waals surface area contributed by atoms with Gasteiger partial charge < -0.3 is 14.7 Å². The third kappa shape index (κ3) is 7.25. The number of halogens is 3. The SMILES string of the molecule is C[C@@H]1CN([C@H](C)CO)C(=O)CCCn2nncc2CO[C@@H]1CN(C)Cc1ccccc1C(F)(F)F. The third-order valence-electron chi connectivity index (χ3n) is 6.39. The lowest BCUT2D eigenvalue weighted by molar-refractivity contribution is -0.138. The Balaban J connectivity index is 1.81. The molecule has 0 radical (unpaired) electrons. The summed E-state index contributed by atoms with van der Waals surface area (Å²) in [6.07, 6.45) is -2.29. The molecule has 0 saturated carbocycles. The van der Waals surface area contributed by atoms with Crippen molar-refractivity contribution in [1.29, 1.82) is 0 Å². The van der Waals surface area contributed by atoms with Gasteiger partial charge in [0.15, 0.2) is 0 Å². The predicted octanol–water partition coefficient (Wildman–Crippen LogP) is 2.95. The molecule has 1 N–H and O–H groups in total. The Morgan fingerprint density at radius 3 is 2.77 bits per heavy atom. The van der Waals surface area contributed by atoms with Gasteiger partial charge in [-0.1, -0.05) is 30.3 Å². The number of aryl methyl sites for hydroxylation is 1. The number of rotatable bonds is 6. The summed E-state index contributed by atoms with van der Waals surface area (Å²) in [4.78, 5) is 16.4. The van der Waals surface area contributed by atoms with Gasteiger partial charge in [0.2, 0.25) is 5.91 Å². The number of benzene rings is 1. The molecule has 0 unspecified atom stereocenters. The summed E-state index contributed by atoms with van der Waals surface area (Å²) in [5.74, 6) is -0.205. The van der Waals surface area contributed by atoms with Crippen LogP contribution < -0.4 is 0 Å². The minimum absolute atomic E-state index is 0.0631. The maximum absolute atomic E-state index is 13.5. The lowest BCUT2D eigenvalue weighted by atomic mass is 10.0. The normalized spacial score (nSPS) is 21.4. The highest BCUT2D eigenvalue weighted by molar-refractivity contribution is 5.76. The first kappa shape index (κ1) is 27.1. The van der Waals surface area contributed by atoms with Gasteiger partial charge in [-0.05, 0) is 32.0 Å². The van der Waals surface area contributed by atoms with E-state index in [1.807, 2.05) is 6.92 Å². The molecule has 2 aromatic rings. The average Bonchev–Trinajstić information content (AvgIpc) is 3.25. The van der Waals surface area contributed by atoms with E-state index >= 15 is 0 Å². The molecular weight excluding hydrogens is 463 g/mol. The van der Waals surface area contributed by atoms with Crippen LogP contribution in [0.3, 0.4) is 0 Å². The number of nitrogens with zero attached hydrogens (tertiary/aromatic N) is 5. The van der Waals surface area contributed by atoms with Crippen molar-refractivity contribution in [2.45, 2.75) is 64.7 Å². The standard InChI is InChI=1S/C24H34F3N5O3/c1-17-12-31(18(2)15-33)23(34)9-6-10-32-20(11-28-29-32)16-35-22(17)14-30(3)13-19-7-4-5-8-21(19)24(25,26)27/h4-5,7-8,11,17-18,22,33H,6,9-10,12-16H2,1-3H3/t17-,18-,22-/m1/s1. The molecule has 8 nitrogen and oxygen atoms in total. The number of alkyl halides is 3. The maximum Gasteiger partial charge on any atom is 0.416 e. The number of aliphatic hydroxyl groups is 1. The van der Waals surface area contributed by atoms with Gasteiger partial charge in [-0.15, -0.1) is 5.10 Å². The molecule has 1 aromatic heterocycles. The van der Waals surface area contributed by atoms with Gasteiger partial charge in [0.05, 0.1) is 42.8 Å². The van der Waals surface area contributed by atoms with Crippen LogP contribution in [0.5, 0.6) is 0 Å². The molecule has 2 heterocycles. The Hall–Kier alpha value is -2.50. The van der Waals surface area contributed by atoms with Crippen LogP contribution in [-0.2, 0) is 35.4 Å². The Bertz CT molecular complexity index is 968. The van der Waals surface area contributed by atoms with Crippen LogP contribution in [0.25, 0.3) is 0 Å². The molecule has 0 fully saturated rings. The minimum Gasteiger partial charge on any atom is -0.394 e. The van der Waals surface area contributed by atoms with Crippen LogP contribution in [-0.4, -0.2) is 74.7 Å². The van der Waals surface area contributed by atoms with E-state index in [0.717, 1.165) is 11.8 Å². The number of hydrogen-bond acceptors (Lipinski definition) is 6. The van der Waals surface area contributed by atoms with Crippen LogP contribution in [0.2, 0.25) is 0 Å². The smallest absolute Gasteiger partial charge is 0.394 e. The van der Waals surface area contributed by atoms with Crippen molar-refractivity contribution in [3.8, 4) is 0 Å². The van der Waals surface area contributed by atoms with Gasteiger partial charge in [-0.25, -0.2) is 4.68 Å². The molecule has 194 valence electrons. The molecule has 1 aliphatic heterocycles. The fourth-order valence-corrected chi connectivity index (χ4v) is 4.34. The van der Waals surface area contributed by atoms with Crippen LogP contribution in [0, 0.1) is 5.92 Å². The number of carbonyl (C=O) groups excluding carboxylic acids is 1. The molecule has 0 bridgehead atoms. The van der Waals surface area contributed by atoms with E-state index in [1.165, 1.54) is 12.1 Å². The van der Waals surface area contributed by atoms with E-state index in [2.05, 4.69) is 10.3 Å². The fraction of sp³-hybridized carbons (Fsp3) is 0.625. The number of likely N-dealkylation sites (N-methyl/N-ethyl adjacent to an activating group) is 1. The minimum atomic E-state index is -4.43. The van der Waals surface area contributed by atoms with E-state index in [1.54, 1.807) is 40.7 Å². The zero-order chi connectivity index (χ0) is 25.6. The van der Waals surface area contributed by atoms with Gasteiger partial charge in [0.1, 0.15) is 0 Å². The summed E-state index contributed by atoms with van der Waals surface area (Å²) in [5, 5.41) is 17.7. The summed E-state index contributed by atoms with van der Waals surface area (Å²) in [5.41, 5.74) is 0.320. The summed E-state index contributed by atoms with van der Waals surface area (Å²) >= 11 is 0. The molecule has 1 aromatic carbocycles. The second-order valence-corrected chi connectivity index (χ2v) is 9.31. The maximum atomic E-state index is 13.5. The quantitative estimate of drug-likeness (QED) is 0.661. The highest BCUT2D eigenvalue weighted by Gasteiger charge is 2.33. The molecule has 11 heteroatoms. The Morgan fingerprint density at radius 2 is 2.06 bits per heavy atom. The van der Waals surface area contributed by atoms with Crippen molar-refractivity contribution in [2.75, 3.05) is 26.7 Å². The van der Waals surface area contributed by atoms with E-state index in [9.17, 15) is 23.1 Å². The highest BCUT2D eigenvalue weighted by Crippen LogP contribution is 2.32. The van der Waals surface area contributed by atoms with Crippen molar-refractivity contribution in [1.82, 2.24) is 24.8 Å². The number of ether oxygens (including phenoxy) is 1. The fourth-order valence-electron chi connectivity index (χ4n) is 4.34. The Morgan fingerprint density at radius 1 is 1.31 bits per heavy atom. The summed E-state index contributed by atoms with van der Waals surface area (Å²) in [6.45, 7) is 5.16. The molecule has 1 amide bonds. The number of hydrogen-bond donors (Lipinski definition) is 1. The van der Waals surface area contributed by atoms with Crippen molar-refractivity contribution in [3.05, 3.63) is 47.3 Å². The number of aliphatic hydroxyl groups excluding tert-OH is 1. The first-order chi connectivity index (χ1) is 16.6. The van der Waals surface area contributed by atoms with Crippen LogP contribution in [0.1, 0.15) is 43.5 Å². The molecule has 1 aliphatic rings. The molecule has 0 aliphatic carbocycles. The second kappa shape index (κ2) is 12.0. The topological polar surface area (TPSA) is 83.7 Å². The first-order valence-corrected chi connectivity index (χ1v) is 11.8. The van der Waals surface area contributed by atoms with Crippen LogP contribution >= 0.6 is 0 Å². The van der Waals surface area contributed by atoms with Crippen molar-refractivity contribution in [2.24, 2.45) is 5.92 Å². The van der Waals surface area contributed by atoms with Crippen LogP contribution in [0.15, 0.2) is 30.5 Å². The van der Waals surface area contributed by atoms with Crippen molar-refractivity contribution >= 4 is 5.91 Å². The van der Waals surface area contributed by atoms with E-state index < -0.39 is 11.7 Å². The number of carbonyl (C=O) groups is 1. The summed E-state index contributed by atoms with van der Waals surface area (Å²) < 4.78 is 48.3. The molecule has 0 spiro atoms. The van der Waals surface area contributed by atoms with Crippen molar-refractivity contribution < 1.29 is 27.8 Å². The number of fused-ring (bicyclic) bond motifs is 1. The monoisotopic (exact) mass is 497 g/mol. The summed E-state index contributed by atoms with van der Waals surface area (Å²) in [6, 6.07) is 5.20. The van der Waals surface area contributed by atoms with Gasteiger partial charge in [0.25, 0.3) is 0 Å². The molecule has 35 heavy (non-hydrogen) atoms. The van der Waals surface area contributed by atoms with Gasteiger partial charge >= 0.3 is 6.18 Å². The molecule has 3 atom stereocenters. The lowest BCUT2D eigenvalue weighted by Crippen LogP contribution is -2.47. The molecule has 0 saturated heterocycles. The van der Waals surface area contributed by atoms with E-state index in [0.29, 0.717) is 32.5 Å². The van der Waals surface area contributed by atoms with E-state index in [4.69, 9.17) is 4.74 Å². The molecular formula is C24H34F3N5O3. The summed E-state index contributed by atoms with van der Waals surface area (Å²) in [7, 11) is 1.75. The van der Waals surface area contributed by atoms with Gasteiger partial charge in [-0.3, -0.25) is 9.69 Å². The first-order valence-electron chi connectivity index (χ1n) is 11.8. The zero-order valence-electron chi connectivity index (χ0n) is 20.4. The second-order valence-electron chi connectivity index (χ2n) is 9.31. The number of aromatic nitrogens is 3. The Labute approximate surface area is 203 Å². The van der Waals surface area contributed by atoms with Gasteiger partial charge in [-0.2, -0.15) is 13.2 Å². The largest absolute Gasteiger partial charge is 0.416 e. The molecule has 3 rings (SSSR count). The average molecular weight is 498 g/mol. The van der Waals surface area contributed by atoms with Crippen molar-refractivity contribution in [3.63, 3.8) is 0 Å². The predicted molar refractivity (Wildman–Crippen MR) is 123 cm³/mol. The zero-order valence-corrected chi connectivity index (χ0v) is 20.4. The van der Waals surface area contributed by atoms with Gasteiger partial charge in [0, 0.05) is 38.5 Å². The van der Waals surface area contributed by atoms with E-state index in [-0.39, 0.29) is 49.3 Å². The lowest BCUT2D eigenvalue weighted by Gasteiger charge is -2.35. The highest BCUT2D eigenvalue weighted by atomic mass is 19.4. The number of amides is 1. The third-order valence-corrected chi connectivity index (χ3v) is 6.39.